The molecule has 1 aromatic carbocycles. The molecule has 1 aromatic heterocycles. The van der Waals surface area contributed by atoms with Crippen LogP contribution in [-0.4, -0.2) is 25.1 Å². The van der Waals surface area contributed by atoms with E-state index in [4.69, 9.17) is 0 Å². The van der Waals surface area contributed by atoms with E-state index < -0.39 is 10.7 Å². The third-order valence-corrected chi connectivity index (χ3v) is 3.25. The average Bonchev–Trinajstić information content (AvgIpc) is 2.73. The van der Waals surface area contributed by atoms with Gasteiger partial charge in [0.15, 0.2) is 0 Å². The molecule has 2 aromatic rings. The minimum atomic E-state index is -0.605. The highest BCUT2D eigenvalue weighted by Crippen LogP contribution is 2.28. The predicted molar refractivity (Wildman–Crippen MR) is 61.4 cm³/mol. The van der Waals surface area contributed by atoms with Crippen LogP contribution in [0.1, 0.15) is 5.56 Å². The van der Waals surface area contributed by atoms with Crippen molar-refractivity contribution in [2.24, 2.45) is 7.05 Å². The van der Waals surface area contributed by atoms with Crippen molar-refractivity contribution in [2.45, 2.75) is 10.9 Å². The van der Waals surface area contributed by atoms with Gasteiger partial charge in [-0.3, -0.25) is 10.1 Å². The fraction of sp³-hybridized carbons (Fsp3) is 0.222. The molecule has 94 valence electrons. The van der Waals surface area contributed by atoms with Crippen LogP contribution in [0.15, 0.2) is 23.4 Å². The lowest BCUT2D eigenvalue weighted by Gasteiger charge is -2.03. The number of hydrogen-bond acceptors (Lipinski definition) is 6. The minimum absolute atomic E-state index is 0.0375. The van der Waals surface area contributed by atoms with Crippen LogP contribution in [0, 0.1) is 15.9 Å². The zero-order valence-corrected chi connectivity index (χ0v) is 10.1. The van der Waals surface area contributed by atoms with Crippen molar-refractivity contribution in [1.82, 2.24) is 20.2 Å². The van der Waals surface area contributed by atoms with Crippen LogP contribution in [-0.2, 0) is 12.8 Å². The summed E-state index contributed by atoms with van der Waals surface area (Å²) in [5.41, 5.74) is -0.201. The number of aryl methyl sites for hydroxylation is 1. The van der Waals surface area contributed by atoms with Crippen molar-refractivity contribution in [3.63, 3.8) is 0 Å². The van der Waals surface area contributed by atoms with Gasteiger partial charge in [0, 0.05) is 18.9 Å². The van der Waals surface area contributed by atoms with Crippen LogP contribution in [0.2, 0.25) is 0 Å². The number of halogens is 1. The van der Waals surface area contributed by atoms with Crippen molar-refractivity contribution in [2.75, 3.05) is 0 Å². The maximum atomic E-state index is 13.6. The molecule has 1 heterocycles. The summed E-state index contributed by atoms with van der Waals surface area (Å²) >= 11 is 1.13. The molecule has 7 nitrogen and oxygen atoms in total. The fourth-order valence-corrected chi connectivity index (χ4v) is 2.22. The Morgan fingerprint density at radius 3 is 2.94 bits per heavy atom. The average molecular weight is 269 g/mol. The Bertz CT molecular complexity index is 588. The molecule has 0 saturated carbocycles. The number of nitro benzene ring substituents is 1. The van der Waals surface area contributed by atoms with Gasteiger partial charge >= 0.3 is 0 Å². The first-order chi connectivity index (χ1) is 8.59. The Morgan fingerprint density at radius 2 is 2.33 bits per heavy atom. The lowest BCUT2D eigenvalue weighted by molar-refractivity contribution is -0.385. The largest absolute Gasteiger partial charge is 0.276 e. The van der Waals surface area contributed by atoms with E-state index in [0.29, 0.717) is 5.16 Å². The predicted octanol–water partition coefficient (Wildman–Crippen LogP) is 1.55. The van der Waals surface area contributed by atoms with E-state index in [1.165, 1.54) is 22.9 Å². The van der Waals surface area contributed by atoms with Gasteiger partial charge in [-0.15, -0.1) is 5.10 Å². The zero-order valence-electron chi connectivity index (χ0n) is 9.28. The lowest BCUT2D eigenvalue weighted by Crippen LogP contribution is -1.99. The number of hydrogen-bond donors (Lipinski definition) is 0. The molecule has 9 heteroatoms. The first-order valence-corrected chi connectivity index (χ1v) is 5.85. The van der Waals surface area contributed by atoms with E-state index in [-0.39, 0.29) is 17.0 Å². The van der Waals surface area contributed by atoms with E-state index >= 15 is 0 Å². The Kier molecular flexibility index (Phi) is 3.51. The molecule has 18 heavy (non-hydrogen) atoms. The zero-order chi connectivity index (χ0) is 13.1. The van der Waals surface area contributed by atoms with Crippen molar-refractivity contribution >= 4 is 17.4 Å². The summed E-state index contributed by atoms with van der Waals surface area (Å²) in [4.78, 5) is 10.2. The maximum absolute atomic E-state index is 13.6. The summed E-state index contributed by atoms with van der Waals surface area (Å²) in [7, 11) is 1.64. The molecule has 0 saturated heterocycles. The summed E-state index contributed by atoms with van der Waals surface area (Å²) in [6.07, 6.45) is 0. The highest BCUT2D eigenvalue weighted by Gasteiger charge is 2.18. The Balaban J connectivity index is 2.24. The highest BCUT2D eigenvalue weighted by molar-refractivity contribution is 7.98. The highest BCUT2D eigenvalue weighted by atomic mass is 32.2. The van der Waals surface area contributed by atoms with Gasteiger partial charge in [-0.25, -0.2) is 9.07 Å². The summed E-state index contributed by atoms with van der Waals surface area (Å²) in [6, 6.07) is 3.78. The number of nitro groups is 1. The van der Waals surface area contributed by atoms with Gasteiger partial charge in [0.05, 0.1) is 10.5 Å². The third kappa shape index (κ3) is 2.45. The first-order valence-electron chi connectivity index (χ1n) is 4.86. The van der Waals surface area contributed by atoms with Crippen LogP contribution >= 0.6 is 11.8 Å². The van der Waals surface area contributed by atoms with Crippen molar-refractivity contribution in [1.29, 1.82) is 0 Å². The van der Waals surface area contributed by atoms with E-state index in [0.717, 1.165) is 11.8 Å². The molecule has 0 aliphatic rings. The SMILES string of the molecule is Cn1nnnc1SCc1c(F)cccc1[N+](=O)[O-]. The first kappa shape index (κ1) is 12.4. The molecule has 0 fully saturated rings. The molecular formula is C9H8FN5O2S. The summed E-state index contributed by atoms with van der Waals surface area (Å²) < 4.78 is 15.0. The number of aromatic nitrogens is 4. The summed E-state index contributed by atoms with van der Waals surface area (Å²) in [6.45, 7) is 0. The van der Waals surface area contributed by atoms with Gasteiger partial charge < -0.3 is 0 Å². The summed E-state index contributed by atoms with van der Waals surface area (Å²) in [5.74, 6) is -0.510. The monoisotopic (exact) mass is 269 g/mol. The second-order valence-electron chi connectivity index (χ2n) is 3.37. The number of thioether (sulfide) groups is 1. The molecule has 0 spiro atoms. The maximum Gasteiger partial charge on any atom is 0.276 e. The molecule has 0 aliphatic carbocycles. The second-order valence-corrected chi connectivity index (χ2v) is 4.31. The standard InChI is InChI=1S/C9H8FN5O2S/c1-14-9(11-12-13-14)18-5-6-7(10)3-2-4-8(6)15(16)17/h2-4H,5H2,1H3. The van der Waals surface area contributed by atoms with Gasteiger partial charge in [0.25, 0.3) is 5.69 Å². The lowest BCUT2D eigenvalue weighted by atomic mass is 10.2. The van der Waals surface area contributed by atoms with E-state index in [9.17, 15) is 14.5 Å². The normalized spacial score (nSPS) is 10.6. The van der Waals surface area contributed by atoms with Crippen LogP contribution in [0.3, 0.4) is 0 Å². The van der Waals surface area contributed by atoms with Crippen molar-refractivity contribution in [3.05, 3.63) is 39.7 Å². The second kappa shape index (κ2) is 5.08. The number of rotatable bonds is 4. The van der Waals surface area contributed by atoms with E-state index in [2.05, 4.69) is 15.5 Å². The number of tetrazole rings is 1. The van der Waals surface area contributed by atoms with Crippen molar-refractivity contribution < 1.29 is 9.31 Å². The third-order valence-electron chi connectivity index (χ3n) is 2.22. The summed E-state index contributed by atoms with van der Waals surface area (Å²) in [5, 5.41) is 22.0. The molecule has 0 bridgehead atoms. The molecular weight excluding hydrogens is 261 g/mol. The number of nitrogens with zero attached hydrogens (tertiary/aromatic N) is 5. The molecule has 0 aliphatic heterocycles. The minimum Gasteiger partial charge on any atom is -0.258 e. The molecule has 0 unspecified atom stereocenters. The Labute approximate surface area is 105 Å². The molecule has 0 amide bonds. The van der Waals surface area contributed by atoms with Gasteiger partial charge in [-0.1, -0.05) is 17.8 Å². The van der Waals surface area contributed by atoms with Crippen LogP contribution in [0.5, 0.6) is 0 Å². The van der Waals surface area contributed by atoms with Crippen LogP contribution < -0.4 is 0 Å². The van der Waals surface area contributed by atoms with Crippen molar-refractivity contribution in [3.8, 4) is 0 Å². The van der Waals surface area contributed by atoms with Gasteiger partial charge in [0.1, 0.15) is 5.82 Å². The quantitative estimate of drug-likeness (QED) is 0.475. The Hall–Kier alpha value is -2.03. The van der Waals surface area contributed by atoms with E-state index in [1.807, 2.05) is 0 Å². The molecule has 0 N–H and O–H groups in total. The smallest absolute Gasteiger partial charge is 0.258 e. The number of benzene rings is 1. The van der Waals surface area contributed by atoms with Gasteiger partial charge in [-0.2, -0.15) is 0 Å². The topological polar surface area (TPSA) is 86.7 Å². The molecule has 0 atom stereocenters. The fourth-order valence-electron chi connectivity index (χ4n) is 1.34. The van der Waals surface area contributed by atoms with E-state index in [1.54, 1.807) is 7.05 Å². The van der Waals surface area contributed by atoms with Crippen LogP contribution in [0.4, 0.5) is 10.1 Å². The molecule has 0 radical (unpaired) electrons. The van der Waals surface area contributed by atoms with Gasteiger partial charge in [0.2, 0.25) is 5.16 Å². The van der Waals surface area contributed by atoms with Gasteiger partial charge in [-0.05, 0) is 16.5 Å². The molecule has 2 rings (SSSR count). The Morgan fingerprint density at radius 1 is 1.56 bits per heavy atom. The van der Waals surface area contributed by atoms with Crippen LogP contribution in [0.25, 0.3) is 0 Å².